The number of halogens is 3. The van der Waals surface area contributed by atoms with E-state index in [0.29, 0.717) is 22.6 Å². The number of nitrogens with one attached hydrogen (secondary N) is 1. The lowest BCUT2D eigenvalue weighted by Gasteiger charge is -2.25. The van der Waals surface area contributed by atoms with Crippen molar-refractivity contribution in [2.75, 3.05) is 32.1 Å². The van der Waals surface area contributed by atoms with Gasteiger partial charge in [0, 0.05) is 31.3 Å². The van der Waals surface area contributed by atoms with Crippen molar-refractivity contribution >= 4 is 17.7 Å². The summed E-state index contributed by atoms with van der Waals surface area (Å²) in [4.78, 5) is 29.1. The Morgan fingerprint density at radius 3 is 2.78 bits per heavy atom. The Morgan fingerprint density at radius 2 is 2.09 bits per heavy atom. The first-order valence-corrected chi connectivity index (χ1v) is 10.1. The van der Waals surface area contributed by atoms with Gasteiger partial charge in [0.25, 0.3) is 5.91 Å². The fourth-order valence-corrected chi connectivity index (χ4v) is 3.73. The third-order valence-electron chi connectivity index (χ3n) is 5.11. The molecule has 0 saturated heterocycles. The molecule has 2 heterocycles. The van der Waals surface area contributed by atoms with Crippen molar-refractivity contribution in [3.63, 3.8) is 0 Å². The Labute approximate surface area is 183 Å². The second-order valence-corrected chi connectivity index (χ2v) is 7.65. The van der Waals surface area contributed by atoms with Crippen molar-refractivity contribution in [1.82, 2.24) is 9.88 Å². The Bertz CT molecular complexity index is 981. The van der Waals surface area contributed by atoms with E-state index in [1.807, 2.05) is 18.2 Å². The van der Waals surface area contributed by atoms with E-state index in [1.165, 1.54) is 6.07 Å². The van der Waals surface area contributed by atoms with Crippen LogP contribution >= 0.6 is 0 Å². The number of nitrogens with zero attached hydrogens (tertiary/aromatic N) is 2. The number of carbonyl (C=O) groups is 2. The van der Waals surface area contributed by atoms with Gasteiger partial charge >= 0.3 is 12.1 Å². The first-order chi connectivity index (χ1) is 15.1. The van der Waals surface area contributed by atoms with Gasteiger partial charge in [0.2, 0.25) is 0 Å². The van der Waals surface area contributed by atoms with Crippen LogP contribution in [0.2, 0.25) is 0 Å². The highest BCUT2D eigenvalue weighted by molar-refractivity contribution is 5.96. The minimum Gasteiger partial charge on any atom is -0.493 e. The van der Waals surface area contributed by atoms with E-state index in [9.17, 15) is 22.8 Å². The highest BCUT2D eigenvalue weighted by Gasteiger charge is 2.37. The smallest absolute Gasteiger partial charge is 0.406 e. The maximum atomic E-state index is 13.0. The quantitative estimate of drug-likeness (QED) is 0.639. The Balaban J connectivity index is 1.77. The molecule has 1 aromatic carbocycles. The lowest BCUT2D eigenvalue weighted by Crippen LogP contribution is -2.41. The molecule has 32 heavy (non-hydrogen) atoms. The minimum atomic E-state index is -4.59. The number of anilines is 1. The number of ether oxygens (including phenoxy) is 1. The molecule has 1 atom stereocenters. The van der Waals surface area contributed by atoms with Crippen molar-refractivity contribution in [3.05, 3.63) is 53.2 Å². The predicted octanol–water partition coefficient (Wildman–Crippen LogP) is 3.40. The number of hydrogen-bond acceptors (Lipinski definition) is 5. The van der Waals surface area contributed by atoms with E-state index in [1.54, 1.807) is 19.2 Å². The molecule has 0 bridgehead atoms. The largest absolute Gasteiger partial charge is 0.493 e. The van der Waals surface area contributed by atoms with Crippen LogP contribution in [0.1, 0.15) is 28.0 Å². The molecule has 172 valence electrons. The van der Waals surface area contributed by atoms with E-state index in [0.717, 1.165) is 11.5 Å². The van der Waals surface area contributed by atoms with Gasteiger partial charge in [0.15, 0.2) is 0 Å². The topological polar surface area (TPSA) is 91.8 Å². The number of amides is 1. The zero-order valence-electron chi connectivity index (χ0n) is 17.5. The third kappa shape index (κ3) is 6.35. The van der Waals surface area contributed by atoms with Gasteiger partial charge in [0.05, 0.1) is 13.0 Å². The average molecular weight is 451 g/mol. The first-order valence-electron chi connectivity index (χ1n) is 10.1. The van der Waals surface area contributed by atoms with Crippen LogP contribution in [-0.4, -0.2) is 59.8 Å². The molecule has 0 saturated carbocycles. The summed E-state index contributed by atoms with van der Waals surface area (Å²) in [6.07, 6.45) is -4.21. The van der Waals surface area contributed by atoms with Crippen molar-refractivity contribution in [2.45, 2.75) is 25.4 Å². The average Bonchev–Trinajstić information content (AvgIpc) is 2.83. The van der Waals surface area contributed by atoms with Crippen LogP contribution in [0, 0.1) is 5.92 Å². The van der Waals surface area contributed by atoms with E-state index < -0.39 is 30.5 Å². The van der Waals surface area contributed by atoms with Crippen molar-refractivity contribution in [3.8, 4) is 5.75 Å². The second-order valence-electron chi connectivity index (χ2n) is 7.65. The molecule has 1 aromatic heterocycles. The summed E-state index contributed by atoms with van der Waals surface area (Å²) < 4.78 is 44.8. The zero-order chi connectivity index (χ0) is 23.3. The second kappa shape index (κ2) is 9.88. The molecule has 1 aliphatic rings. The molecule has 0 radical (unpaired) electrons. The van der Waals surface area contributed by atoms with Crippen LogP contribution in [0.25, 0.3) is 0 Å². The number of alkyl halides is 3. The maximum absolute atomic E-state index is 13.0. The standard InChI is InChI=1S/C22H24F3N3O4/c1-26-19-4-2-3-16(27-19)7-8-32-17-6-5-15-9-14(10-20(29)30)12-28(13-22(23,24)25)21(31)18(15)11-17/h2-6,11,14H,7-10,12-13H2,1H3,(H,26,27)(H,29,30)/t14-/m0/s1. The SMILES string of the molecule is CNc1cccc(CCOc2ccc3c(c2)C(=O)N(CC(F)(F)F)C[C@H](CC(=O)O)C3)n1. The summed E-state index contributed by atoms with van der Waals surface area (Å²) in [7, 11) is 1.76. The minimum absolute atomic E-state index is 0.106. The van der Waals surface area contributed by atoms with Gasteiger partial charge < -0.3 is 20.1 Å². The van der Waals surface area contributed by atoms with E-state index in [4.69, 9.17) is 9.84 Å². The Morgan fingerprint density at radius 1 is 1.31 bits per heavy atom. The van der Waals surface area contributed by atoms with Gasteiger partial charge in [-0.2, -0.15) is 13.2 Å². The van der Waals surface area contributed by atoms with Crippen LogP contribution in [0.15, 0.2) is 36.4 Å². The number of fused-ring (bicyclic) bond motifs is 1. The molecule has 1 amide bonds. The van der Waals surface area contributed by atoms with Crippen LogP contribution in [-0.2, 0) is 17.6 Å². The Hall–Kier alpha value is -3.30. The maximum Gasteiger partial charge on any atom is 0.406 e. The van der Waals surface area contributed by atoms with Gasteiger partial charge in [-0.3, -0.25) is 9.59 Å². The number of pyridine rings is 1. The molecule has 10 heteroatoms. The fraction of sp³-hybridized carbons (Fsp3) is 0.409. The highest BCUT2D eigenvalue weighted by atomic mass is 19.4. The zero-order valence-corrected chi connectivity index (χ0v) is 17.5. The number of aromatic nitrogens is 1. The van der Waals surface area contributed by atoms with Crippen LogP contribution in [0.5, 0.6) is 5.75 Å². The summed E-state index contributed by atoms with van der Waals surface area (Å²) in [5.41, 5.74) is 1.42. The number of carbonyl (C=O) groups excluding carboxylic acids is 1. The van der Waals surface area contributed by atoms with E-state index in [2.05, 4.69) is 10.3 Å². The van der Waals surface area contributed by atoms with Gasteiger partial charge in [0.1, 0.15) is 18.1 Å². The molecule has 0 unspecified atom stereocenters. The number of carboxylic acids is 1. The van der Waals surface area contributed by atoms with E-state index in [-0.39, 0.29) is 31.6 Å². The first kappa shape index (κ1) is 23.4. The summed E-state index contributed by atoms with van der Waals surface area (Å²) in [6.45, 7) is -1.44. The summed E-state index contributed by atoms with van der Waals surface area (Å²) in [6, 6.07) is 10.2. The molecule has 0 spiro atoms. The monoisotopic (exact) mass is 451 g/mol. The van der Waals surface area contributed by atoms with Crippen LogP contribution in [0.4, 0.5) is 19.0 Å². The number of benzene rings is 1. The van der Waals surface area contributed by atoms with Crippen LogP contribution < -0.4 is 10.1 Å². The lowest BCUT2D eigenvalue weighted by atomic mass is 9.94. The van der Waals surface area contributed by atoms with Gasteiger partial charge in [-0.15, -0.1) is 0 Å². The molecule has 0 fully saturated rings. The molecule has 1 aliphatic heterocycles. The molecule has 3 rings (SSSR count). The molecule has 2 aromatic rings. The Kier molecular flexibility index (Phi) is 7.22. The van der Waals surface area contributed by atoms with Gasteiger partial charge in [-0.25, -0.2) is 4.98 Å². The lowest BCUT2D eigenvalue weighted by molar-refractivity contribution is -0.142. The number of carboxylic acid groups (broad SMARTS) is 1. The van der Waals surface area contributed by atoms with Crippen molar-refractivity contribution in [2.24, 2.45) is 5.92 Å². The molecule has 0 aliphatic carbocycles. The summed E-state index contributed by atoms with van der Waals surface area (Å²) in [5.74, 6) is -1.44. The molecule has 7 nitrogen and oxygen atoms in total. The predicted molar refractivity (Wildman–Crippen MR) is 111 cm³/mol. The van der Waals surface area contributed by atoms with Crippen LogP contribution in [0.3, 0.4) is 0 Å². The fourth-order valence-electron chi connectivity index (χ4n) is 3.73. The van der Waals surface area contributed by atoms with Crippen molar-refractivity contribution < 1.29 is 32.6 Å². The number of hydrogen-bond donors (Lipinski definition) is 2. The highest BCUT2D eigenvalue weighted by Crippen LogP contribution is 2.29. The molecule has 2 N–H and O–H groups in total. The number of aliphatic carboxylic acids is 1. The summed E-state index contributed by atoms with van der Waals surface area (Å²) in [5, 5.41) is 12.0. The molecular formula is C22H24F3N3O4. The van der Waals surface area contributed by atoms with Gasteiger partial charge in [-0.1, -0.05) is 12.1 Å². The van der Waals surface area contributed by atoms with Crippen molar-refractivity contribution in [1.29, 1.82) is 0 Å². The normalized spacial score (nSPS) is 16.3. The van der Waals surface area contributed by atoms with E-state index >= 15 is 0 Å². The summed E-state index contributed by atoms with van der Waals surface area (Å²) >= 11 is 0. The van der Waals surface area contributed by atoms with Gasteiger partial charge in [-0.05, 0) is 42.2 Å². The third-order valence-corrected chi connectivity index (χ3v) is 5.11. The molecular weight excluding hydrogens is 427 g/mol. The number of rotatable bonds is 8.